The zero-order chi connectivity index (χ0) is 21.6. The minimum absolute atomic E-state index is 0.195. The maximum atomic E-state index is 13.2. The largest absolute Gasteiger partial charge is 0.375 e. The molecule has 0 fully saturated rings. The highest BCUT2D eigenvalue weighted by atomic mass is 32.2. The quantitative estimate of drug-likeness (QED) is 0.511. The zero-order valence-electron chi connectivity index (χ0n) is 17.0. The first-order valence-corrected chi connectivity index (χ1v) is 11.4. The minimum Gasteiger partial charge on any atom is -0.375 e. The number of rotatable bonds is 10. The second kappa shape index (κ2) is 10.1. The molecule has 0 aliphatic rings. The lowest BCUT2D eigenvalue weighted by molar-refractivity contribution is 0.101. The fourth-order valence-corrected chi connectivity index (χ4v) is 4.85. The summed E-state index contributed by atoms with van der Waals surface area (Å²) in [6, 6.07) is 16.5. The summed E-state index contributed by atoms with van der Waals surface area (Å²) in [6.07, 6.45) is 1.23. The minimum atomic E-state index is -3.75. The fourth-order valence-electron chi connectivity index (χ4n) is 3.38. The van der Waals surface area contributed by atoms with Crippen molar-refractivity contribution in [3.8, 4) is 0 Å². The monoisotopic (exact) mass is 430 g/mol. The Labute approximate surface area is 177 Å². The molecule has 3 rings (SSSR count). The molecule has 0 unspecified atom stereocenters. The summed E-state index contributed by atoms with van der Waals surface area (Å²) in [5, 5.41) is 1.60. The third-order valence-electron chi connectivity index (χ3n) is 4.97. The highest BCUT2D eigenvalue weighted by Gasteiger charge is 2.22. The first kappa shape index (κ1) is 22.4. The van der Waals surface area contributed by atoms with Crippen LogP contribution in [0.5, 0.6) is 0 Å². The molecule has 3 N–H and O–H groups in total. The van der Waals surface area contributed by atoms with Crippen LogP contribution in [-0.4, -0.2) is 27.6 Å². The van der Waals surface area contributed by atoms with E-state index in [0.717, 1.165) is 16.5 Å². The molecule has 160 valence electrons. The Bertz CT molecular complexity index is 1090. The number of hydrogen-bond acceptors (Lipinski definition) is 4. The highest BCUT2D eigenvalue weighted by molar-refractivity contribution is 7.89. The summed E-state index contributed by atoms with van der Waals surface area (Å²) < 4.78 is 47.9. The molecule has 3 aromatic rings. The molecule has 0 aliphatic carbocycles. The lowest BCUT2D eigenvalue weighted by Gasteiger charge is -2.20. The number of hydrogen-bond donors (Lipinski definition) is 2. The molecular weight excluding hydrogens is 403 g/mol. The van der Waals surface area contributed by atoms with Crippen LogP contribution in [0.25, 0.3) is 10.8 Å². The van der Waals surface area contributed by atoms with Crippen molar-refractivity contribution in [2.75, 3.05) is 13.2 Å². The van der Waals surface area contributed by atoms with Gasteiger partial charge in [-0.1, -0.05) is 42.5 Å². The van der Waals surface area contributed by atoms with E-state index in [-0.39, 0.29) is 23.9 Å². The van der Waals surface area contributed by atoms with E-state index in [1.54, 1.807) is 18.2 Å². The molecule has 3 aromatic carbocycles. The van der Waals surface area contributed by atoms with E-state index in [1.807, 2.05) is 37.3 Å². The molecule has 0 aromatic heterocycles. The van der Waals surface area contributed by atoms with Crippen LogP contribution in [0, 0.1) is 12.7 Å². The second-order valence-electron chi connectivity index (χ2n) is 7.32. The Morgan fingerprint density at radius 1 is 1.03 bits per heavy atom. The summed E-state index contributed by atoms with van der Waals surface area (Å²) >= 11 is 0. The average Bonchev–Trinajstić information content (AvgIpc) is 2.73. The van der Waals surface area contributed by atoms with Crippen molar-refractivity contribution in [1.82, 2.24) is 4.72 Å². The van der Waals surface area contributed by atoms with Gasteiger partial charge in [0.1, 0.15) is 5.82 Å². The number of nitrogens with one attached hydrogen (secondary N) is 1. The maximum absolute atomic E-state index is 13.2. The van der Waals surface area contributed by atoms with Crippen LogP contribution >= 0.6 is 0 Å². The van der Waals surface area contributed by atoms with Crippen LogP contribution in [0.3, 0.4) is 0 Å². The summed E-state index contributed by atoms with van der Waals surface area (Å²) in [7, 11) is -3.75. The van der Waals surface area contributed by atoms with Gasteiger partial charge in [-0.2, -0.15) is 0 Å². The van der Waals surface area contributed by atoms with Gasteiger partial charge in [-0.25, -0.2) is 17.5 Å². The Kier molecular flexibility index (Phi) is 7.55. The van der Waals surface area contributed by atoms with Crippen LogP contribution < -0.4 is 10.5 Å². The molecule has 0 radical (unpaired) electrons. The van der Waals surface area contributed by atoms with E-state index in [0.29, 0.717) is 24.8 Å². The number of fused-ring (bicyclic) bond motifs is 1. The Morgan fingerprint density at radius 3 is 2.43 bits per heavy atom. The van der Waals surface area contributed by atoms with Gasteiger partial charge in [-0.15, -0.1) is 0 Å². The topological polar surface area (TPSA) is 81.4 Å². The van der Waals surface area contributed by atoms with E-state index < -0.39 is 16.1 Å². The van der Waals surface area contributed by atoms with Crippen molar-refractivity contribution in [1.29, 1.82) is 0 Å². The molecular formula is C23H27FN2O3S. The molecule has 0 aliphatic heterocycles. The number of halogens is 1. The van der Waals surface area contributed by atoms with Gasteiger partial charge in [-0.3, -0.25) is 0 Å². The summed E-state index contributed by atoms with van der Waals surface area (Å²) in [6.45, 7) is 2.89. The second-order valence-corrected chi connectivity index (χ2v) is 9.00. The SMILES string of the molecule is Cc1ccc(S(=O)(=O)N[C@@H](CCCN)COCc2ccc(F)cc2)c2ccccc12. The van der Waals surface area contributed by atoms with Gasteiger partial charge < -0.3 is 10.5 Å². The average molecular weight is 431 g/mol. The van der Waals surface area contributed by atoms with Crippen molar-refractivity contribution in [2.45, 2.75) is 37.3 Å². The molecule has 0 spiro atoms. The molecule has 0 saturated carbocycles. The summed E-state index contributed by atoms with van der Waals surface area (Å²) in [5.41, 5.74) is 7.46. The van der Waals surface area contributed by atoms with Crippen LogP contribution in [0.1, 0.15) is 24.0 Å². The van der Waals surface area contributed by atoms with Gasteiger partial charge in [0.05, 0.1) is 18.1 Å². The normalized spacial score (nSPS) is 12.9. The first-order valence-electron chi connectivity index (χ1n) is 9.93. The number of sulfonamides is 1. The van der Waals surface area contributed by atoms with Gasteiger partial charge in [-0.05, 0) is 61.0 Å². The van der Waals surface area contributed by atoms with E-state index in [2.05, 4.69) is 4.72 Å². The zero-order valence-corrected chi connectivity index (χ0v) is 17.8. The van der Waals surface area contributed by atoms with Gasteiger partial charge in [0.15, 0.2) is 0 Å². The molecule has 0 saturated heterocycles. The van der Waals surface area contributed by atoms with Crippen molar-refractivity contribution >= 4 is 20.8 Å². The van der Waals surface area contributed by atoms with E-state index in [1.165, 1.54) is 12.1 Å². The van der Waals surface area contributed by atoms with E-state index in [9.17, 15) is 12.8 Å². The van der Waals surface area contributed by atoms with Gasteiger partial charge >= 0.3 is 0 Å². The molecule has 0 amide bonds. The highest BCUT2D eigenvalue weighted by Crippen LogP contribution is 2.26. The first-order chi connectivity index (χ1) is 14.4. The third-order valence-corrected chi connectivity index (χ3v) is 6.55. The lowest BCUT2D eigenvalue weighted by Crippen LogP contribution is -2.38. The van der Waals surface area contributed by atoms with E-state index in [4.69, 9.17) is 10.5 Å². The Balaban J connectivity index is 1.75. The lowest BCUT2D eigenvalue weighted by atomic mass is 10.1. The van der Waals surface area contributed by atoms with Crippen LogP contribution in [-0.2, 0) is 21.4 Å². The maximum Gasteiger partial charge on any atom is 0.241 e. The predicted molar refractivity (Wildman–Crippen MR) is 117 cm³/mol. The standard InChI is InChI=1S/C23H27FN2O3S/c1-17-8-13-23(22-7-3-2-6-21(17)22)30(27,28)26-20(5-4-14-25)16-29-15-18-9-11-19(24)12-10-18/h2-3,6-13,20,26H,4-5,14-16,25H2,1H3/t20-/m0/s1. The summed E-state index contributed by atoms with van der Waals surface area (Å²) in [5.74, 6) is -0.308. The fraction of sp³-hybridized carbons (Fsp3) is 0.304. The molecule has 7 heteroatoms. The number of benzene rings is 3. The molecule has 30 heavy (non-hydrogen) atoms. The van der Waals surface area contributed by atoms with Gasteiger partial charge in [0.2, 0.25) is 10.0 Å². The molecule has 0 heterocycles. The van der Waals surface area contributed by atoms with Crippen molar-refractivity contribution < 1.29 is 17.5 Å². The van der Waals surface area contributed by atoms with Crippen molar-refractivity contribution in [2.24, 2.45) is 5.73 Å². The van der Waals surface area contributed by atoms with Crippen molar-refractivity contribution in [3.05, 3.63) is 77.6 Å². The molecule has 5 nitrogen and oxygen atoms in total. The smallest absolute Gasteiger partial charge is 0.241 e. The van der Waals surface area contributed by atoms with E-state index >= 15 is 0 Å². The van der Waals surface area contributed by atoms with Crippen LogP contribution in [0.15, 0.2) is 65.6 Å². The Hall–Kier alpha value is -2.32. The predicted octanol–water partition coefficient (Wildman–Crippen LogP) is 3.89. The summed E-state index contributed by atoms with van der Waals surface area (Å²) in [4.78, 5) is 0.250. The number of ether oxygens (including phenoxy) is 1. The van der Waals surface area contributed by atoms with Crippen molar-refractivity contribution in [3.63, 3.8) is 0 Å². The number of nitrogens with two attached hydrogens (primary N) is 1. The van der Waals surface area contributed by atoms with Gasteiger partial charge in [0, 0.05) is 11.4 Å². The Morgan fingerprint density at radius 2 is 1.73 bits per heavy atom. The molecule has 1 atom stereocenters. The number of aryl methyl sites for hydroxylation is 1. The van der Waals surface area contributed by atoms with Crippen LogP contribution in [0.2, 0.25) is 0 Å². The third kappa shape index (κ3) is 5.64. The van der Waals surface area contributed by atoms with Gasteiger partial charge in [0.25, 0.3) is 0 Å². The molecule has 0 bridgehead atoms. The van der Waals surface area contributed by atoms with Crippen LogP contribution in [0.4, 0.5) is 4.39 Å².